The Labute approximate surface area is 218 Å². The lowest BCUT2D eigenvalue weighted by molar-refractivity contribution is -0.193. The molecule has 1 fully saturated rings. The van der Waals surface area contributed by atoms with Crippen LogP contribution in [-0.4, -0.2) is 32.6 Å². The molecule has 1 aromatic carbocycles. The molecule has 3 aromatic rings. The molecule has 200 valence electrons. The van der Waals surface area contributed by atoms with E-state index in [9.17, 15) is 27.9 Å². The maximum absolute atomic E-state index is 14.0. The number of carbonyl (C=O) groups is 2. The van der Waals surface area contributed by atoms with E-state index in [4.69, 9.17) is 4.98 Å². The molecule has 0 spiro atoms. The largest absolute Gasteiger partial charge is 0.481 e. The number of imidazole rings is 1. The third-order valence-electron chi connectivity index (χ3n) is 7.22. The Balaban J connectivity index is 1.71. The molecule has 1 saturated carbocycles. The van der Waals surface area contributed by atoms with Crippen molar-refractivity contribution in [3.05, 3.63) is 52.0 Å². The van der Waals surface area contributed by atoms with E-state index in [1.54, 1.807) is 22.8 Å². The van der Waals surface area contributed by atoms with Crippen molar-refractivity contribution in [2.75, 3.05) is 0 Å². The highest BCUT2D eigenvalue weighted by molar-refractivity contribution is 7.09. The minimum absolute atomic E-state index is 0.0771. The first-order chi connectivity index (χ1) is 17.5. The molecule has 4 rings (SSSR count). The Morgan fingerprint density at radius 3 is 2.57 bits per heavy atom. The average molecular weight is 535 g/mol. The minimum atomic E-state index is -4.30. The number of rotatable bonds is 10. The van der Waals surface area contributed by atoms with Gasteiger partial charge in [0.25, 0.3) is 0 Å². The summed E-state index contributed by atoms with van der Waals surface area (Å²) in [6, 6.07) is 8.14. The van der Waals surface area contributed by atoms with Gasteiger partial charge in [-0.05, 0) is 60.7 Å². The maximum atomic E-state index is 14.0. The van der Waals surface area contributed by atoms with E-state index in [0.29, 0.717) is 48.1 Å². The highest BCUT2D eigenvalue weighted by Crippen LogP contribution is 2.45. The van der Waals surface area contributed by atoms with Gasteiger partial charge in [0, 0.05) is 35.7 Å². The van der Waals surface area contributed by atoms with Crippen LogP contribution in [0.15, 0.2) is 35.7 Å². The van der Waals surface area contributed by atoms with Gasteiger partial charge in [0.1, 0.15) is 5.82 Å². The summed E-state index contributed by atoms with van der Waals surface area (Å²) in [5, 5.41) is 11.2. The fraction of sp³-hybridized carbons (Fsp3) is 0.536. The van der Waals surface area contributed by atoms with E-state index in [-0.39, 0.29) is 36.9 Å². The van der Waals surface area contributed by atoms with Gasteiger partial charge in [-0.1, -0.05) is 32.8 Å². The van der Waals surface area contributed by atoms with Gasteiger partial charge in [0.15, 0.2) is 5.78 Å². The molecule has 1 N–H and O–H groups in total. The first kappa shape index (κ1) is 27.4. The summed E-state index contributed by atoms with van der Waals surface area (Å²) in [7, 11) is 0. The predicted octanol–water partition coefficient (Wildman–Crippen LogP) is 7.69. The number of halogens is 3. The molecule has 2 aromatic heterocycles. The van der Waals surface area contributed by atoms with Gasteiger partial charge >= 0.3 is 12.1 Å². The van der Waals surface area contributed by atoms with Crippen molar-refractivity contribution in [2.45, 2.75) is 77.4 Å². The maximum Gasteiger partial charge on any atom is 0.393 e. The number of benzene rings is 1. The lowest BCUT2D eigenvalue weighted by Gasteiger charge is -2.35. The van der Waals surface area contributed by atoms with Gasteiger partial charge in [0.2, 0.25) is 0 Å². The molecule has 1 aliphatic rings. The molecule has 37 heavy (non-hydrogen) atoms. The summed E-state index contributed by atoms with van der Waals surface area (Å²) in [6.07, 6.45) is -1.40. The van der Waals surface area contributed by atoms with Gasteiger partial charge in [-0.15, -0.1) is 11.3 Å². The molecule has 3 atom stereocenters. The van der Waals surface area contributed by atoms with E-state index in [0.717, 1.165) is 11.3 Å². The molecular formula is C28H33F3N2O3S. The van der Waals surface area contributed by atoms with Crippen LogP contribution in [0.3, 0.4) is 0 Å². The summed E-state index contributed by atoms with van der Waals surface area (Å²) in [6.45, 7) is 3.99. The van der Waals surface area contributed by atoms with Crippen molar-refractivity contribution in [3.63, 3.8) is 0 Å². The summed E-state index contributed by atoms with van der Waals surface area (Å²) in [5.41, 5.74) is 1.52. The number of carboxylic acid groups (broad SMARTS) is 1. The zero-order valence-electron chi connectivity index (χ0n) is 21.1. The molecular weight excluding hydrogens is 501 g/mol. The number of hydrogen-bond acceptors (Lipinski definition) is 4. The van der Waals surface area contributed by atoms with Crippen LogP contribution in [-0.2, 0) is 11.2 Å². The number of nitrogens with zero attached hydrogens (tertiary/aromatic N) is 2. The number of carboxylic acids is 1. The number of Topliss-reactive ketones (excluding diaryl/α,β-unsaturated/α-hetero) is 1. The number of aromatic nitrogens is 2. The molecule has 0 radical (unpaired) electrons. The number of aliphatic carboxylic acids is 1. The van der Waals surface area contributed by atoms with Crippen molar-refractivity contribution in [1.29, 1.82) is 0 Å². The molecule has 5 nitrogen and oxygen atoms in total. The monoisotopic (exact) mass is 534 g/mol. The third-order valence-corrected chi connectivity index (χ3v) is 8.10. The molecule has 0 bridgehead atoms. The van der Waals surface area contributed by atoms with Crippen molar-refractivity contribution in [2.24, 2.45) is 17.8 Å². The van der Waals surface area contributed by atoms with Crippen LogP contribution in [0.2, 0.25) is 0 Å². The average Bonchev–Trinajstić information content (AvgIpc) is 3.44. The van der Waals surface area contributed by atoms with Crippen molar-refractivity contribution >= 4 is 34.1 Å². The molecule has 1 aliphatic carbocycles. The number of thiophene rings is 1. The first-order valence-corrected chi connectivity index (χ1v) is 13.8. The van der Waals surface area contributed by atoms with Gasteiger partial charge < -0.3 is 9.67 Å². The second-order valence-electron chi connectivity index (χ2n) is 10.6. The SMILES string of the molecule is CC(C)C[C@@H](CC(=O)O)CC(=O)c1ccc2c(c1)nc(Cc1cccs1)n2C1CCCCC1C(F)(F)F. The first-order valence-electron chi connectivity index (χ1n) is 12.9. The molecule has 2 unspecified atom stereocenters. The van der Waals surface area contributed by atoms with E-state index < -0.39 is 24.1 Å². The summed E-state index contributed by atoms with van der Waals surface area (Å²) >= 11 is 1.54. The lowest BCUT2D eigenvalue weighted by atomic mass is 9.83. The summed E-state index contributed by atoms with van der Waals surface area (Å²) < 4.78 is 43.9. The summed E-state index contributed by atoms with van der Waals surface area (Å²) in [5.74, 6) is -1.98. The highest BCUT2D eigenvalue weighted by Gasteiger charge is 2.47. The van der Waals surface area contributed by atoms with Crippen molar-refractivity contribution in [1.82, 2.24) is 9.55 Å². The van der Waals surface area contributed by atoms with Gasteiger partial charge in [-0.2, -0.15) is 13.2 Å². The van der Waals surface area contributed by atoms with Crippen LogP contribution in [0.5, 0.6) is 0 Å². The van der Waals surface area contributed by atoms with Crippen LogP contribution in [0.25, 0.3) is 11.0 Å². The molecule has 9 heteroatoms. The van der Waals surface area contributed by atoms with Crippen LogP contribution < -0.4 is 0 Å². The smallest absolute Gasteiger partial charge is 0.393 e. The third kappa shape index (κ3) is 6.61. The Bertz CT molecular complexity index is 1230. The number of ketones is 1. The molecule has 0 amide bonds. The van der Waals surface area contributed by atoms with Gasteiger partial charge in [-0.3, -0.25) is 9.59 Å². The molecule has 2 heterocycles. The van der Waals surface area contributed by atoms with Gasteiger partial charge in [-0.25, -0.2) is 4.98 Å². The van der Waals surface area contributed by atoms with Crippen molar-refractivity contribution < 1.29 is 27.9 Å². The van der Waals surface area contributed by atoms with Crippen LogP contribution in [0.4, 0.5) is 13.2 Å². The Morgan fingerprint density at radius 1 is 1.16 bits per heavy atom. The highest BCUT2D eigenvalue weighted by atomic mass is 32.1. The predicted molar refractivity (Wildman–Crippen MR) is 138 cm³/mol. The second kappa shape index (κ2) is 11.4. The van der Waals surface area contributed by atoms with Crippen molar-refractivity contribution in [3.8, 4) is 0 Å². The lowest BCUT2D eigenvalue weighted by Crippen LogP contribution is -2.35. The standard InChI is InChI=1S/C28H33F3N2O3S/c1-17(2)12-18(14-27(35)36)13-25(34)19-9-10-24-22(15-19)32-26(16-20-6-5-11-37-20)33(24)23-8-4-3-7-21(23)28(29,30)31/h5-6,9-11,15,17-18,21,23H,3-4,7-8,12-14,16H2,1-2H3,(H,35,36)/t18-,21?,23?/m1/s1. The van der Waals surface area contributed by atoms with E-state index in [1.165, 1.54) is 11.3 Å². The minimum Gasteiger partial charge on any atom is -0.481 e. The van der Waals surface area contributed by atoms with Crippen LogP contribution in [0, 0.1) is 17.8 Å². The zero-order valence-corrected chi connectivity index (χ0v) is 21.9. The quantitative estimate of drug-likeness (QED) is 0.271. The van der Waals surface area contributed by atoms with Crippen LogP contribution in [0.1, 0.15) is 85.9 Å². The number of fused-ring (bicyclic) bond motifs is 1. The Morgan fingerprint density at radius 2 is 1.92 bits per heavy atom. The number of alkyl halides is 3. The van der Waals surface area contributed by atoms with Crippen LogP contribution >= 0.6 is 11.3 Å². The summed E-state index contributed by atoms with van der Waals surface area (Å²) in [4.78, 5) is 30.2. The topological polar surface area (TPSA) is 72.2 Å². The van der Waals surface area contributed by atoms with E-state index in [2.05, 4.69) is 0 Å². The number of carbonyl (C=O) groups excluding carboxylic acids is 1. The van der Waals surface area contributed by atoms with E-state index >= 15 is 0 Å². The Hall–Kier alpha value is -2.68. The fourth-order valence-electron chi connectivity index (χ4n) is 5.72. The fourth-order valence-corrected chi connectivity index (χ4v) is 6.42. The normalized spacial score (nSPS) is 19.4. The Kier molecular flexibility index (Phi) is 8.41. The van der Waals surface area contributed by atoms with Gasteiger partial charge in [0.05, 0.1) is 17.0 Å². The second-order valence-corrected chi connectivity index (χ2v) is 11.6. The number of hydrogen-bond donors (Lipinski definition) is 1. The van der Waals surface area contributed by atoms with E-state index in [1.807, 2.05) is 31.4 Å². The zero-order chi connectivity index (χ0) is 26.7. The molecule has 0 saturated heterocycles. The molecule has 0 aliphatic heterocycles.